The van der Waals surface area contributed by atoms with Crippen molar-refractivity contribution in [1.82, 2.24) is 0 Å². The first-order chi connectivity index (χ1) is 8.33. The van der Waals surface area contributed by atoms with Crippen molar-refractivity contribution >= 4 is 17.3 Å². The van der Waals surface area contributed by atoms with E-state index in [4.69, 9.17) is 11.6 Å². The molecule has 94 valence electrons. The maximum Gasteiger partial charge on any atom is 0.0458 e. The molecule has 2 heteroatoms. The summed E-state index contributed by atoms with van der Waals surface area (Å²) in [6, 6.07) is 6.35. The van der Waals surface area contributed by atoms with Crippen molar-refractivity contribution in [2.45, 2.75) is 45.4 Å². The van der Waals surface area contributed by atoms with Crippen LogP contribution in [0.3, 0.4) is 0 Å². The third-order valence-corrected chi connectivity index (χ3v) is 3.93. The predicted octanol–water partition coefficient (Wildman–Crippen LogP) is 4.67. The molecule has 1 aliphatic heterocycles. The first kappa shape index (κ1) is 12.8. The van der Waals surface area contributed by atoms with Crippen molar-refractivity contribution in [2.24, 2.45) is 0 Å². The first-order valence-electron chi connectivity index (χ1n) is 6.85. The van der Waals surface area contributed by atoms with Gasteiger partial charge in [0, 0.05) is 23.8 Å². The molecule has 0 spiro atoms. The van der Waals surface area contributed by atoms with Gasteiger partial charge in [-0.1, -0.05) is 31.0 Å². The standard InChI is InChI=1S/C15H22ClN/c1-2-3-8-13-14(16)9-7-10-15(13)17-11-5-4-6-12-17/h7,9-10H,2-6,8,11-12H2,1H3. The fourth-order valence-corrected chi connectivity index (χ4v) is 2.84. The van der Waals surface area contributed by atoms with E-state index in [1.165, 1.54) is 56.4 Å². The fraction of sp³-hybridized carbons (Fsp3) is 0.600. The molecule has 0 radical (unpaired) electrons. The van der Waals surface area contributed by atoms with E-state index in [0.29, 0.717) is 0 Å². The quantitative estimate of drug-likeness (QED) is 0.752. The monoisotopic (exact) mass is 251 g/mol. The Morgan fingerprint density at radius 2 is 1.94 bits per heavy atom. The van der Waals surface area contributed by atoms with Gasteiger partial charge in [-0.3, -0.25) is 0 Å². The van der Waals surface area contributed by atoms with Gasteiger partial charge in [-0.15, -0.1) is 0 Å². The van der Waals surface area contributed by atoms with Gasteiger partial charge < -0.3 is 4.90 Å². The SMILES string of the molecule is CCCCc1c(Cl)cccc1N1CCCCC1. The number of hydrogen-bond donors (Lipinski definition) is 0. The summed E-state index contributed by atoms with van der Waals surface area (Å²) >= 11 is 6.36. The van der Waals surface area contributed by atoms with Gasteiger partial charge in [0.05, 0.1) is 0 Å². The number of benzene rings is 1. The van der Waals surface area contributed by atoms with Crippen LogP contribution in [0.5, 0.6) is 0 Å². The zero-order valence-electron chi connectivity index (χ0n) is 10.7. The molecule has 0 N–H and O–H groups in total. The Balaban J connectivity index is 2.21. The average Bonchev–Trinajstić information content (AvgIpc) is 2.38. The Labute approximate surface area is 110 Å². The van der Waals surface area contributed by atoms with Gasteiger partial charge in [-0.2, -0.15) is 0 Å². The van der Waals surface area contributed by atoms with Crippen LogP contribution in [-0.2, 0) is 6.42 Å². The highest BCUT2D eigenvalue weighted by atomic mass is 35.5. The second-order valence-electron chi connectivity index (χ2n) is 4.89. The van der Waals surface area contributed by atoms with Gasteiger partial charge in [0.1, 0.15) is 0 Å². The molecule has 1 aromatic carbocycles. The van der Waals surface area contributed by atoms with Crippen LogP contribution >= 0.6 is 11.6 Å². The third-order valence-electron chi connectivity index (χ3n) is 3.57. The Morgan fingerprint density at radius 3 is 2.65 bits per heavy atom. The minimum Gasteiger partial charge on any atom is -0.371 e. The number of nitrogens with zero attached hydrogens (tertiary/aromatic N) is 1. The minimum atomic E-state index is 0.946. The summed E-state index contributed by atoms with van der Waals surface area (Å²) in [5.41, 5.74) is 2.74. The van der Waals surface area contributed by atoms with Crippen LogP contribution in [0.2, 0.25) is 5.02 Å². The Hall–Kier alpha value is -0.690. The zero-order valence-corrected chi connectivity index (χ0v) is 11.5. The molecule has 0 atom stereocenters. The highest BCUT2D eigenvalue weighted by Gasteiger charge is 2.15. The highest BCUT2D eigenvalue weighted by Crippen LogP contribution is 2.30. The zero-order chi connectivity index (χ0) is 12.1. The fourth-order valence-electron chi connectivity index (χ4n) is 2.58. The predicted molar refractivity (Wildman–Crippen MR) is 76.1 cm³/mol. The smallest absolute Gasteiger partial charge is 0.0458 e. The van der Waals surface area contributed by atoms with Crippen molar-refractivity contribution in [2.75, 3.05) is 18.0 Å². The maximum atomic E-state index is 6.36. The average molecular weight is 252 g/mol. The summed E-state index contributed by atoms with van der Waals surface area (Å²) < 4.78 is 0. The van der Waals surface area contributed by atoms with Crippen molar-refractivity contribution in [3.8, 4) is 0 Å². The van der Waals surface area contributed by atoms with Crippen LogP contribution in [0.1, 0.15) is 44.6 Å². The van der Waals surface area contributed by atoms with E-state index in [1.807, 2.05) is 6.07 Å². The number of rotatable bonds is 4. The molecule has 1 heterocycles. The second-order valence-corrected chi connectivity index (χ2v) is 5.30. The van der Waals surface area contributed by atoms with Crippen molar-refractivity contribution in [1.29, 1.82) is 0 Å². The van der Waals surface area contributed by atoms with Crippen LogP contribution in [-0.4, -0.2) is 13.1 Å². The van der Waals surface area contributed by atoms with E-state index in [0.717, 1.165) is 11.4 Å². The molecule has 0 saturated carbocycles. The number of piperidine rings is 1. The number of hydrogen-bond acceptors (Lipinski definition) is 1. The molecule has 1 nitrogen and oxygen atoms in total. The molecule has 0 bridgehead atoms. The number of anilines is 1. The molecule has 17 heavy (non-hydrogen) atoms. The van der Waals surface area contributed by atoms with Gasteiger partial charge in [0.15, 0.2) is 0 Å². The van der Waals surface area contributed by atoms with E-state index in [1.54, 1.807) is 0 Å². The summed E-state index contributed by atoms with van der Waals surface area (Å²) in [7, 11) is 0. The summed E-state index contributed by atoms with van der Waals surface area (Å²) in [4.78, 5) is 2.51. The second kappa shape index (κ2) is 6.30. The molecular formula is C15H22ClN. The number of unbranched alkanes of at least 4 members (excludes halogenated alkanes) is 1. The lowest BCUT2D eigenvalue weighted by Crippen LogP contribution is -2.30. The van der Waals surface area contributed by atoms with Crippen LogP contribution in [0.4, 0.5) is 5.69 Å². The first-order valence-corrected chi connectivity index (χ1v) is 7.23. The topological polar surface area (TPSA) is 3.24 Å². The largest absolute Gasteiger partial charge is 0.371 e. The van der Waals surface area contributed by atoms with Crippen molar-refractivity contribution < 1.29 is 0 Å². The van der Waals surface area contributed by atoms with E-state index >= 15 is 0 Å². The molecule has 1 aromatic rings. The molecular weight excluding hydrogens is 230 g/mol. The number of halogens is 1. The molecule has 0 aromatic heterocycles. The van der Waals surface area contributed by atoms with Crippen LogP contribution < -0.4 is 4.90 Å². The van der Waals surface area contributed by atoms with E-state index in [2.05, 4.69) is 24.0 Å². The van der Waals surface area contributed by atoms with E-state index in [-0.39, 0.29) is 0 Å². The highest BCUT2D eigenvalue weighted by molar-refractivity contribution is 6.31. The summed E-state index contributed by atoms with van der Waals surface area (Å²) in [5.74, 6) is 0. The van der Waals surface area contributed by atoms with Gasteiger partial charge in [0.2, 0.25) is 0 Å². The van der Waals surface area contributed by atoms with Crippen molar-refractivity contribution in [3.05, 3.63) is 28.8 Å². The van der Waals surface area contributed by atoms with Crippen LogP contribution in [0.25, 0.3) is 0 Å². The lowest BCUT2D eigenvalue weighted by molar-refractivity contribution is 0.576. The minimum absolute atomic E-state index is 0.946. The van der Waals surface area contributed by atoms with E-state index in [9.17, 15) is 0 Å². The Bertz CT molecular complexity index is 356. The molecule has 1 fully saturated rings. The van der Waals surface area contributed by atoms with Gasteiger partial charge in [0.25, 0.3) is 0 Å². The summed E-state index contributed by atoms with van der Waals surface area (Å²) in [5, 5.41) is 0.946. The maximum absolute atomic E-state index is 6.36. The molecule has 0 amide bonds. The third kappa shape index (κ3) is 3.16. The van der Waals surface area contributed by atoms with Crippen LogP contribution in [0.15, 0.2) is 18.2 Å². The normalized spacial score (nSPS) is 16.2. The summed E-state index contributed by atoms with van der Waals surface area (Å²) in [6.45, 7) is 4.62. The van der Waals surface area contributed by atoms with E-state index < -0.39 is 0 Å². The van der Waals surface area contributed by atoms with Crippen LogP contribution in [0, 0.1) is 0 Å². The molecule has 0 aliphatic carbocycles. The molecule has 1 saturated heterocycles. The summed E-state index contributed by atoms with van der Waals surface area (Å²) in [6.07, 6.45) is 7.58. The molecule has 1 aliphatic rings. The lowest BCUT2D eigenvalue weighted by Gasteiger charge is -2.31. The Morgan fingerprint density at radius 1 is 1.18 bits per heavy atom. The van der Waals surface area contributed by atoms with Crippen molar-refractivity contribution in [3.63, 3.8) is 0 Å². The van der Waals surface area contributed by atoms with Gasteiger partial charge in [-0.05, 0) is 49.8 Å². The lowest BCUT2D eigenvalue weighted by atomic mass is 10.0. The molecule has 0 unspecified atom stereocenters. The van der Waals surface area contributed by atoms with Gasteiger partial charge >= 0.3 is 0 Å². The Kier molecular flexibility index (Phi) is 4.73. The molecule has 2 rings (SSSR count). The van der Waals surface area contributed by atoms with Gasteiger partial charge in [-0.25, -0.2) is 0 Å².